The van der Waals surface area contributed by atoms with E-state index < -0.39 is 6.10 Å². The van der Waals surface area contributed by atoms with Gasteiger partial charge in [0.05, 0.1) is 0 Å². The highest BCUT2D eigenvalue weighted by atomic mass is 16.6. The molecule has 67 heavy (non-hydrogen) atoms. The van der Waals surface area contributed by atoms with Crippen LogP contribution in [0.4, 0.5) is 0 Å². The van der Waals surface area contributed by atoms with Gasteiger partial charge in [0.2, 0.25) is 0 Å². The van der Waals surface area contributed by atoms with Gasteiger partial charge in [0.1, 0.15) is 13.2 Å². The molecular formula is C61H106O6. The number of rotatable bonds is 51. The smallest absolute Gasteiger partial charge is 0.306 e. The van der Waals surface area contributed by atoms with E-state index >= 15 is 0 Å². The first-order chi connectivity index (χ1) is 33.0. The van der Waals surface area contributed by atoms with E-state index in [9.17, 15) is 14.4 Å². The van der Waals surface area contributed by atoms with E-state index in [1.165, 1.54) is 109 Å². The molecule has 0 bridgehead atoms. The highest BCUT2D eigenvalue weighted by Crippen LogP contribution is 2.16. The molecule has 6 nitrogen and oxygen atoms in total. The first-order valence-corrected chi connectivity index (χ1v) is 28.4. The maximum Gasteiger partial charge on any atom is 0.306 e. The van der Waals surface area contributed by atoms with Crippen LogP contribution in [0.25, 0.3) is 0 Å². The summed E-state index contributed by atoms with van der Waals surface area (Å²) in [5, 5.41) is 0. The second kappa shape index (κ2) is 55.4. The number of unbranched alkanes of at least 4 members (excludes halogenated alkanes) is 28. The molecule has 0 saturated carbocycles. The van der Waals surface area contributed by atoms with Crippen LogP contribution < -0.4 is 0 Å². The van der Waals surface area contributed by atoms with Crippen molar-refractivity contribution in [2.75, 3.05) is 13.2 Å². The Bertz CT molecular complexity index is 1260. The average molecular weight is 936 g/mol. The number of hydrogen-bond acceptors (Lipinski definition) is 6. The number of carbonyl (C=O) groups excluding carboxylic acids is 3. The molecular weight excluding hydrogens is 829 g/mol. The molecule has 1 atom stereocenters. The Balaban J connectivity index is 4.39. The van der Waals surface area contributed by atoms with E-state index in [1.54, 1.807) is 0 Å². The SMILES string of the molecule is CC/C=C\C/C=C\C/C=C\C/C=C\CCCCCCC(=O)OC(COC(=O)CCCCCCC/C=C\C/C=C\CCC)COC(=O)CCCCCCCCCCCCCCCCCCCCC. The lowest BCUT2D eigenvalue weighted by molar-refractivity contribution is -0.167. The van der Waals surface area contributed by atoms with Gasteiger partial charge >= 0.3 is 17.9 Å². The van der Waals surface area contributed by atoms with E-state index in [1.807, 2.05) is 0 Å². The van der Waals surface area contributed by atoms with Gasteiger partial charge in [-0.05, 0) is 83.5 Å². The zero-order valence-corrected chi connectivity index (χ0v) is 44.2. The Kier molecular flexibility index (Phi) is 52.8. The van der Waals surface area contributed by atoms with Crippen molar-refractivity contribution in [1.82, 2.24) is 0 Å². The Morgan fingerprint density at radius 1 is 0.313 bits per heavy atom. The molecule has 0 rings (SSSR count). The summed E-state index contributed by atoms with van der Waals surface area (Å²) >= 11 is 0. The zero-order valence-electron chi connectivity index (χ0n) is 44.2. The second-order valence-corrected chi connectivity index (χ2v) is 18.8. The Morgan fingerprint density at radius 3 is 0.970 bits per heavy atom. The van der Waals surface area contributed by atoms with E-state index in [2.05, 4.69) is 93.7 Å². The molecule has 0 heterocycles. The highest BCUT2D eigenvalue weighted by Gasteiger charge is 2.19. The molecule has 0 spiro atoms. The number of hydrogen-bond donors (Lipinski definition) is 0. The van der Waals surface area contributed by atoms with Crippen LogP contribution in [0.2, 0.25) is 0 Å². The first kappa shape index (κ1) is 63.8. The third kappa shape index (κ3) is 53.7. The molecule has 0 amide bonds. The minimum Gasteiger partial charge on any atom is -0.462 e. The van der Waals surface area contributed by atoms with Crippen LogP contribution >= 0.6 is 0 Å². The summed E-state index contributed by atoms with van der Waals surface area (Å²) in [4.78, 5) is 38.1. The normalized spacial score (nSPS) is 12.6. The van der Waals surface area contributed by atoms with Crippen LogP contribution in [-0.2, 0) is 28.6 Å². The van der Waals surface area contributed by atoms with Crippen molar-refractivity contribution in [2.45, 2.75) is 284 Å². The van der Waals surface area contributed by atoms with Crippen molar-refractivity contribution in [3.8, 4) is 0 Å². The molecule has 0 radical (unpaired) electrons. The van der Waals surface area contributed by atoms with E-state index in [0.29, 0.717) is 19.3 Å². The maximum atomic E-state index is 12.8. The van der Waals surface area contributed by atoms with E-state index in [4.69, 9.17) is 14.2 Å². The van der Waals surface area contributed by atoms with Crippen LogP contribution in [0, 0.1) is 0 Å². The predicted molar refractivity (Wildman–Crippen MR) is 288 cm³/mol. The topological polar surface area (TPSA) is 78.9 Å². The predicted octanol–water partition coefficient (Wildman–Crippen LogP) is 19.0. The summed E-state index contributed by atoms with van der Waals surface area (Å²) in [6.07, 6.45) is 70.3. The van der Waals surface area contributed by atoms with E-state index in [0.717, 1.165) is 128 Å². The third-order valence-electron chi connectivity index (χ3n) is 12.2. The quantitative estimate of drug-likeness (QED) is 0.0262. The van der Waals surface area contributed by atoms with Crippen molar-refractivity contribution in [1.29, 1.82) is 0 Å². The number of ether oxygens (including phenoxy) is 3. The summed E-state index contributed by atoms with van der Waals surface area (Å²) in [7, 11) is 0. The molecule has 0 aliphatic heterocycles. The molecule has 1 unspecified atom stereocenters. The number of carbonyl (C=O) groups is 3. The fourth-order valence-electron chi connectivity index (χ4n) is 7.94. The van der Waals surface area contributed by atoms with Crippen LogP contribution in [0.15, 0.2) is 72.9 Å². The minimum absolute atomic E-state index is 0.0880. The Morgan fingerprint density at radius 2 is 0.612 bits per heavy atom. The fraction of sp³-hybridized carbons (Fsp3) is 0.754. The zero-order chi connectivity index (χ0) is 48.6. The van der Waals surface area contributed by atoms with Gasteiger partial charge in [0.15, 0.2) is 6.10 Å². The summed E-state index contributed by atoms with van der Waals surface area (Å²) in [6.45, 7) is 6.45. The minimum atomic E-state index is -0.793. The molecule has 0 saturated heterocycles. The van der Waals surface area contributed by atoms with Gasteiger partial charge in [-0.1, -0.05) is 248 Å². The van der Waals surface area contributed by atoms with Crippen molar-refractivity contribution in [3.05, 3.63) is 72.9 Å². The van der Waals surface area contributed by atoms with Gasteiger partial charge in [-0.15, -0.1) is 0 Å². The first-order valence-electron chi connectivity index (χ1n) is 28.4. The molecule has 0 aliphatic rings. The molecule has 386 valence electrons. The molecule has 6 heteroatoms. The molecule has 0 N–H and O–H groups in total. The summed E-state index contributed by atoms with van der Waals surface area (Å²) in [5.41, 5.74) is 0. The fourth-order valence-corrected chi connectivity index (χ4v) is 7.94. The molecule has 0 aromatic carbocycles. The third-order valence-corrected chi connectivity index (χ3v) is 12.2. The van der Waals surface area contributed by atoms with Gasteiger partial charge in [-0.2, -0.15) is 0 Å². The summed E-state index contributed by atoms with van der Waals surface area (Å²) in [5.74, 6) is -0.918. The summed E-state index contributed by atoms with van der Waals surface area (Å²) < 4.78 is 16.8. The molecule has 0 aromatic heterocycles. The maximum absolute atomic E-state index is 12.8. The number of allylic oxidation sites excluding steroid dienone is 12. The molecule has 0 aliphatic carbocycles. The van der Waals surface area contributed by atoms with Gasteiger partial charge in [-0.3, -0.25) is 14.4 Å². The van der Waals surface area contributed by atoms with Crippen molar-refractivity contribution >= 4 is 17.9 Å². The van der Waals surface area contributed by atoms with Crippen LogP contribution in [0.5, 0.6) is 0 Å². The van der Waals surface area contributed by atoms with Gasteiger partial charge in [-0.25, -0.2) is 0 Å². The second-order valence-electron chi connectivity index (χ2n) is 18.8. The van der Waals surface area contributed by atoms with Crippen LogP contribution in [0.1, 0.15) is 278 Å². The van der Waals surface area contributed by atoms with Crippen molar-refractivity contribution in [3.63, 3.8) is 0 Å². The lowest BCUT2D eigenvalue weighted by Crippen LogP contribution is -2.30. The van der Waals surface area contributed by atoms with Crippen LogP contribution in [-0.4, -0.2) is 37.2 Å². The lowest BCUT2D eigenvalue weighted by atomic mass is 10.0. The van der Waals surface area contributed by atoms with Gasteiger partial charge in [0, 0.05) is 19.3 Å². The number of esters is 3. The van der Waals surface area contributed by atoms with Crippen molar-refractivity contribution < 1.29 is 28.6 Å². The molecule has 0 aromatic rings. The Labute approximate surface area is 414 Å². The van der Waals surface area contributed by atoms with Crippen LogP contribution in [0.3, 0.4) is 0 Å². The van der Waals surface area contributed by atoms with E-state index in [-0.39, 0.29) is 31.1 Å². The largest absolute Gasteiger partial charge is 0.462 e. The highest BCUT2D eigenvalue weighted by molar-refractivity contribution is 5.71. The summed E-state index contributed by atoms with van der Waals surface area (Å²) in [6, 6.07) is 0. The van der Waals surface area contributed by atoms with Gasteiger partial charge < -0.3 is 14.2 Å². The van der Waals surface area contributed by atoms with Gasteiger partial charge in [0.25, 0.3) is 0 Å². The average Bonchev–Trinajstić information content (AvgIpc) is 3.33. The standard InChI is InChI=1S/C61H106O6/c1-4-7-10-13-16-19-22-25-27-29-30-32-33-36-39-42-45-48-51-54-60(63)66-57-58(56-65-59(62)53-50-47-44-41-38-35-24-21-18-15-12-9-6-3)67-61(64)55-52-49-46-43-40-37-34-31-28-26-23-20-17-14-11-8-5-2/h8,11-12,15,17,20-21,24,26,28,34,37,58H,4-7,9-10,13-14,16,18-19,22-23,25,27,29-33,35-36,38-57H2,1-3H3/b11-8-,15-12-,20-17-,24-21-,28-26-,37-34-. The monoisotopic (exact) mass is 935 g/mol. The molecule has 0 fully saturated rings. The Hall–Kier alpha value is -3.15. The van der Waals surface area contributed by atoms with Crippen molar-refractivity contribution in [2.24, 2.45) is 0 Å². The lowest BCUT2D eigenvalue weighted by Gasteiger charge is -2.18.